The van der Waals surface area contributed by atoms with Crippen molar-refractivity contribution in [3.63, 3.8) is 0 Å². The zero-order valence-corrected chi connectivity index (χ0v) is 10.7. The lowest BCUT2D eigenvalue weighted by atomic mass is 10.3. The van der Waals surface area contributed by atoms with Crippen LogP contribution in [0.25, 0.3) is 0 Å². The summed E-state index contributed by atoms with van der Waals surface area (Å²) in [4.78, 5) is 20.0. The van der Waals surface area contributed by atoms with Crippen molar-refractivity contribution in [1.29, 1.82) is 0 Å². The number of hydrogen-bond acceptors (Lipinski definition) is 4. The standard InChI is InChI=1S/C11H10BrN3O2/c1-7-4-14-8(5-13-7)6-15-11(16)9-2-3-17-10(9)12/h2-5H,6H2,1H3,(H,15,16). The highest BCUT2D eigenvalue weighted by atomic mass is 79.9. The molecule has 0 aliphatic heterocycles. The third kappa shape index (κ3) is 2.91. The molecule has 2 aromatic heterocycles. The van der Waals surface area contributed by atoms with Gasteiger partial charge in [-0.15, -0.1) is 0 Å². The zero-order valence-electron chi connectivity index (χ0n) is 9.11. The number of furan rings is 1. The van der Waals surface area contributed by atoms with Crippen LogP contribution < -0.4 is 5.32 Å². The maximum Gasteiger partial charge on any atom is 0.256 e. The molecule has 1 N–H and O–H groups in total. The molecule has 0 fully saturated rings. The lowest BCUT2D eigenvalue weighted by molar-refractivity contribution is 0.0948. The molecule has 1 amide bonds. The molecule has 0 spiro atoms. The Kier molecular flexibility index (Phi) is 3.53. The number of carbonyl (C=O) groups excluding carboxylic acids is 1. The quantitative estimate of drug-likeness (QED) is 0.941. The Bertz CT molecular complexity index is 522. The maximum atomic E-state index is 11.7. The van der Waals surface area contributed by atoms with Crippen LogP contribution in [0.5, 0.6) is 0 Å². The van der Waals surface area contributed by atoms with Crippen LogP contribution in [0, 0.1) is 6.92 Å². The van der Waals surface area contributed by atoms with Gasteiger partial charge in [-0.2, -0.15) is 0 Å². The van der Waals surface area contributed by atoms with Gasteiger partial charge in [-0.1, -0.05) is 0 Å². The third-order valence-corrected chi connectivity index (χ3v) is 2.74. The van der Waals surface area contributed by atoms with Gasteiger partial charge in [0.2, 0.25) is 0 Å². The summed E-state index contributed by atoms with van der Waals surface area (Å²) in [5.74, 6) is -0.215. The second-order valence-electron chi connectivity index (χ2n) is 3.44. The van der Waals surface area contributed by atoms with E-state index in [4.69, 9.17) is 4.42 Å². The molecular weight excluding hydrogens is 286 g/mol. The molecule has 17 heavy (non-hydrogen) atoms. The van der Waals surface area contributed by atoms with E-state index in [0.717, 1.165) is 5.69 Å². The highest BCUT2D eigenvalue weighted by molar-refractivity contribution is 9.10. The van der Waals surface area contributed by atoms with E-state index in [1.54, 1.807) is 18.5 Å². The van der Waals surface area contributed by atoms with Crippen molar-refractivity contribution in [2.45, 2.75) is 13.5 Å². The molecule has 0 radical (unpaired) electrons. The van der Waals surface area contributed by atoms with Crippen LogP contribution in [0.3, 0.4) is 0 Å². The van der Waals surface area contributed by atoms with Gasteiger partial charge in [-0.05, 0) is 28.9 Å². The Balaban J connectivity index is 1.97. The zero-order chi connectivity index (χ0) is 12.3. The van der Waals surface area contributed by atoms with Gasteiger partial charge in [0.15, 0.2) is 4.67 Å². The number of nitrogens with zero attached hydrogens (tertiary/aromatic N) is 2. The van der Waals surface area contributed by atoms with Gasteiger partial charge in [0.25, 0.3) is 5.91 Å². The average Bonchev–Trinajstić information content (AvgIpc) is 2.74. The molecule has 0 aromatic carbocycles. The third-order valence-electron chi connectivity index (χ3n) is 2.13. The van der Waals surface area contributed by atoms with Crippen molar-refractivity contribution < 1.29 is 9.21 Å². The minimum atomic E-state index is -0.215. The average molecular weight is 296 g/mol. The van der Waals surface area contributed by atoms with Crippen LogP contribution >= 0.6 is 15.9 Å². The van der Waals surface area contributed by atoms with Crippen LogP contribution in [-0.4, -0.2) is 15.9 Å². The molecule has 0 atom stereocenters. The van der Waals surface area contributed by atoms with Crippen LogP contribution in [0.2, 0.25) is 0 Å². The monoisotopic (exact) mass is 295 g/mol. The molecule has 0 bridgehead atoms. The molecule has 88 valence electrons. The fourth-order valence-electron chi connectivity index (χ4n) is 1.23. The van der Waals surface area contributed by atoms with E-state index in [1.807, 2.05) is 6.92 Å². The summed E-state index contributed by atoms with van der Waals surface area (Å²) in [6.45, 7) is 2.20. The van der Waals surface area contributed by atoms with Crippen molar-refractivity contribution in [3.05, 3.63) is 46.3 Å². The van der Waals surface area contributed by atoms with E-state index in [-0.39, 0.29) is 5.91 Å². The normalized spacial score (nSPS) is 10.2. The summed E-state index contributed by atoms with van der Waals surface area (Å²) in [7, 11) is 0. The molecule has 0 aliphatic rings. The molecule has 2 rings (SSSR count). The minimum absolute atomic E-state index is 0.215. The number of amides is 1. The van der Waals surface area contributed by atoms with Crippen LogP contribution in [-0.2, 0) is 6.54 Å². The van der Waals surface area contributed by atoms with Gasteiger partial charge in [-0.25, -0.2) is 0 Å². The van der Waals surface area contributed by atoms with Gasteiger partial charge in [-0.3, -0.25) is 14.8 Å². The first-order chi connectivity index (χ1) is 8.16. The lowest BCUT2D eigenvalue weighted by Gasteiger charge is -2.03. The molecule has 6 heteroatoms. The number of nitrogens with one attached hydrogen (secondary N) is 1. The number of aromatic nitrogens is 2. The SMILES string of the molecule is Cc1cnc(CNC(=O)c2ccoc2Br)cn1. The van der Waals surface area contributed by atoms with E-state index in [9.17, 15) is 4.79 Å². The fraction of sp³-hybridized carbons (Fsp3) is 0.182. The molecule has 0 saturated carbocycles. The van der Waals surface area contributed by atoms with Gasteiger partial charge < -0.3 is 9.73 Å². The highest BCUT2D eigenvalue weighted by Crippen LogP contribution is 2.17. The summed E-state index contributed by atoms with van der Waals surface area (Å²) in [5, 5.41) is 2.73. The summed E-state index contributed by atoms with van der Waals surface area (Å²) >= 11 is 3.15. The molecule has 2 aromatic rings. The number of carbonyl (C=O) groups is 1. The van der Waals surface area contributed by atoms with E-state index in [1.165, 1.54) is 6.26 Å². The number of hydrogen-bond donors (Lipinski definition) is 1. The van der Waals surface area contributed by atoms with Crippen molar-refractivity contribution in [3.8, 4) is 0 Å². The molecule has 0 aliphatic carbocycles. The van der Waals surface area contributed by atoms with Crippen LogP contribution in [0.1, 0.15) is 21.7 Å². The summed E-state index contributed by atoms with van der Waals surface area (Å²) < 4.78 is 5.40. The topological polar surface area (TPSA) is 68.0 Å². The molecule has 0 saturated heterocycles. The Morgan fingerprint density at radius 1 is 1.47 bits per heavy atom. The van der Waals surface area contributed by atoms with Crippen molar-refractivity contribution in [2.75, 3.05) is 0 Å². The minimum Gasteiger partial charge on any atom is -0.457 e. The summed E-state index contributed by atoms with van der Waals surface area (Å²) in [5.41, 5.74) is 2.02. The van der Waals surface area contributed by atoms with E-state index < -0.39 is 0 Å². The van der Waals surface area contributed by atoms with Gasteiger partial charge >= 0.3 is 0 Å². The number of halogens is 1. The Morgan fingerprint density at radius 3 is 2.88 bits per heavy atom. The lowest BCUT2D eigenvalue weighted by Crippen LogP contribution is -2.23. The first kappa shape index (κ1) is 11.8. The molecular formula is C11H10BrN3O2. The van der Waals surface area contributed by atoms with Crippen molar-refractivity contribution in [1.82, 2.24) is 15.3 Å². The Morgan fingerprint density at radius 2 is 2.29 bits per heavy atom. The highest BCUT2D eigenvalue weighted by Gasteiger charge is 2.12. The van der Waals surface area contributed by atoms with Crippen molar-refractivity contribution in [2.24, 2.45) is 0 Å². The fourth-order valence-corrected chi connectivity index (χ4v) is 1.65. The van der Waals surface area contributed by atoms with E-state index in [2.05, 4.69) is 31.2 Å². The van der Waals surface area contributed by atoms with Crippen LogP contribution in [0.4, 0.5) is 0 Å². The predicted molar refractivity (Wildman–Crippen MR) is 64.3 cm³/mol. The van der Waals surface area contributed by atoms with Crippen LogP contribution in [0.15, 0.2) is 33.8 Å². The maximum absolute atomic E-state index is 11.7. The smallest absolute Gasteiger partial charge is 0.256 e. The molecule has 2 heterocycles. The van der Waals surface area contributed by atoms with Gasteiger partial charge in [0.05, 0.1) is 36.0 Å². The van der Waals surface area contributed by atoms with Gasteiger partial charge in [0.1, 0.15) is 0 Å². The second kappa shape index (κ2) is 5.09. The summed E-state index contributed by atoms with van der Waals surface area (Å²) in [6, 6.07) is 1.60. The summed E-state index contributed by atoms with van der Waals surface area (Å²) in [6.07, 6.45) is 4.75. The predicted octanol–water partition coefficient (Wildman–Crippen LogP) is 2.07. The number of rotatable bonds is 3. The first-order valence-corrected chi connectivity index (χ1v) is 5.75. The Labute approximate surface area is 106 Å². The van der Waals surface area contributed by atoms with E-state index >= 15 is 0 Å². The number of aryl methyl sites for hydroxylation is 1. The molecule has 5 nitrogen and oxygen atoms in total. The van der Waals surface area contributed by atoms with Gasteiger partial charge in [0, 0.05) is 6.20 Å². The van der Waals surface area contributed by atoms with Crippen molar-refractivity contribution >= 4 is 21.8 Å². The van der Waals surface area contributed by atoms with E-state index in [0.29, 0.717) is 22.5 Å². The first-order valence-electron chi connectivity index (χ1n) is 4.95. The largest absolute Gasteiger partial charge is 0.457 e. The second-order valence-corrected chi connectivity index (χ2v) is 4.16. The Hall–Kier alpha value is -1.69. The molecule has 0 unspecified atom stereocenters.